The smallest absolute Gasteiger partial charge is 0.225 e. The second-order valence-electron chi connectivity index (χ2n) is 6.34. The summed E-state index contributed by atoms with van der Waals surface area (Å²) in [6, 6.07) is 10.3. The molecule has 0 radical (unpaired) electrons. The monoisotopic (exact) mass is 352 g/mol. The van der Waals surface area contributed by atoms with E-state index in [9.17, 15) is 4.39 Å². The van der Waals surface area contributed by atoms with Crippen molar-refractivity contribution in [3.63, 3.8) is 0 Å². The summed E-state index contributed by atoms with van der Waals surface area (Å²) in [5, 5.41) is 5.79. The van der Waals surface area contributed by atoms with Crippen LogP contribution >= 0.6 is 0 Å². The van der Waals surface area contributed by atoms with E-state index in [4.69, 9.17) is 0 Å². The van der Waals surface area contributed by atoms with Crippen molar-refractivity contribution in [2.24, 2.45) is 0 Å². The van der Waals surface area contributed by atoms with Gasteiger partial charge in [0.05, 0.1) is 12.4 Å². The Kier molecular flexibility index (Phi) is 4.88. The van der Waals surface area contributed by atoms with Crippen LogP contribution in [-0.4, -0.2) is 59.1 Å². The summed E-state index contributed by atoms with van der Waals surface area (Å²) in [7, 11) is 0. The number of fused-ring (bicyclic) bond motifs is 1. The molecule has 134 valence electrons. The van der Waals surface area contributed by atoms with E-state index in [2.05, 4.69) is 42.2 Å². The first kappa shape index (κ1) is 16.7. The van der Waals surface area contributed by atoms with E-state index < -0.39 is 5.82 Å². The molecule has 26 heavy (non-hydrogen) atoms. The summed E-state index contributed by atoms with van der Waals surface area (Å²) in [6.07, 6.45) is 4.28. The van der Waals surface area contributed by atoms with Crippen molar-refractivity contribution in [2.45, 2.75) is 0 Å². The molecule has 4 rings (SSSR count). The number of halogens is 1. The average molecular weight is 352 g/mol. The average Bonchev–Trinajstić information content (AvgIpc) is 2.69. The zero-order chi connectivity index (χ0) is 17.8. The zero-order valence-corrected chi connectivity index (χ0v) is 14.5. The predicted octanol–water partition coefficient (Wildman–Crippen LogP) is 2.40. The highest BCUT2D eigenvalue weighted by Gasteiger charge is 2.18. The number of benzene rings is 1. The van der Waals surface area contributed by atoms with E-state index in [1.807, 2.05) is 24.4 Å². The molecule has 0 aliphatic carbocycles. The molecule has 0 saturated carbocycles. The Balaban J connectivity index is 1.28. The van der Waals surface area contributed by atoms with Gasteiger partial charge in [0.1, 0.15) is 5.82 Å². The van der Waals surface area contributed by atoms with Gasteiger partial charge in [0.25, 0.3) is 0 Å². The number of aromatic nitrogens is 3. The fourth-order valence-electron chi connectivity index (χ4n) is 3.23. The number of nitrogens with zero attached hydrogens (tertiary/aromatic N) is 5. The number of hydrogen-bond donors (Lipinski definition) is 1. The van der Waals surface area contributed by atoms with E-state index >= 15 is 0 Å². The summed E-state index contributed by atoms with van der Waals surface area (Å²) in [5.74, 6) is 1.13. The van der Waals surface area contributed by atoms with Crippen molar-refractivity contribution in [1.29, 1.82) is 0 Å². The third kappa shape index (κ3) is 3.72. The topological polar surface area (TPSA) is 57.2 Å². The van der Waals surface area contributed by atoms with E-state index in [0.29, 0.717) is 5.95 Å². The molecule has 7 heteroatoms. The second-order valence-corrected chi connectivity index (χ2v) is 6.34. The van der Waals surface area contributed by atoms with Gasteiger partial charge in [-0.3, -0.25) is 4.90 Å². The summed E-state index contributed by atoms with van der Waals surface area (Å²) in [5.41, 5.74) is 0. The zero-order valence-electron chi connectivity index (χ0n) is 14.5. The Morgan fingerprint density at radius 3 is 2.54 bits per heavy atom. The van der Waals surface area contributed by atoms with E-state index in [1.165, 1.54) is 17.8 Å². The van der Waals surface area contributed by atoms with Gasteiger partial charge in [0.15, 0.2) is 5.82 Å². The highest BCUT2D eigenvalue weighted by atomic mass is 19.1. The summed E-state index contributed by atoms with van der Waals surface area (Å²) in [6.45, 7) is 5.35. The first-order valence-electron chi connectivity index (χ1n) is 8.82. The Bertz CT molecular complexity index is 856. The lowest BCUT2D eigenvalue weighted by molar-refractivity contribution is 0.266. The van der Waals surface area contributed by atoms with Crippen LogP contribution in [0.5, 0.6) is 0 Å². The first-order valence-corrected chi connectivity index (χ1v) is 8.82. The highest BCUT2D eigenvalue weighted by Crippen LogP contribution is 2.20. The van der Waals surface area contributed by atoms with Gasteiger partial charge in [-0.25, -0.2) is 19.3 Å². The van der Waals surface area contributed by atoms with Crippen LogP contribution in [0.3, 0.4) is 0 Å². The summed E-state index contributed by atoms with van der Waals surface area (Å²) in [4.78, 5) is 17.1. The van der Waals surface area contributed by atoms with Gasteiger partial charge in [0.2, 0.25) is 5.95 Å². The van der Waals surface area contributed by atoms with Crippen molar-refractivity contribution < 1.29 is 4.39 Å². The molecule has 2 aromatic heterocycles. The number of piperazine rings is 1. The van der Waals surface area contributed by atoms with Gasteiger partial charge >= 0.3 is 0 Å². The van der Waals surface area contributed by atoms with Gasteiger partial charge in [-0.1, -0.05) is 24.3 Å². The minimum absolute atomic E-state index is 0.402. The molecule has 6 nitrogen and oxygen atoms in total. The molecule has 0 amide bonds. The molecular formula is C19H21FN6. The minimum atomic E-state index is -0.402. The molecule has 0 atom stereocenters. The standard InChI is InChI=1S/C19H21FN6/c20-16-13-23-19(24-14-16)26-11-9-25(10-12-26)8-7-22-18-17-4-2-1-3-15(17)5-6-21-18/h1-6,13-14H,7-12H2,(H,21,22). The molecule has 1 N–H and O–H groups in total. The summed E-state index contributed by atoms with van der Waals surface area (Å²) < 4.78 is 12.9. The van der Waals surface area contributed by atoms with Crippen molar-refractivity contribution in [3.8, 4) is 0 Å². The highest BCUT2D eigenvalue weighted by molar-refractivity contribution is 5.91. The van der Waals surface area contributed by atoms with Crippen molar-refractivity contribution in [2.75, 3.05) is 49.5 Å². The van der Waals surface area contributed by atoms with Gasteiger partial charge in [-0.2, -0.15) is 0 Å². The molecule has 3 heterocycles. The third-order valence-electron chi connectivity index (χ3n) is 4.66. The fraction of sp³-hybridized carbons (Fsp3) is 0.316. The molecule has 0 unspecified atom stereocenters. The van der Waals surface area contributed by atoms with Gasteiger partial charge in [-0.05, 0) is 11.5 Å². The predicted molar refractivity (Wildman–Crippen MR) is 101 cm³/mol. The lowest BCUT2D eigenvalue weighted by atomic mass is 10.1. The lowest BCUT2D eigenvalue weighted by Gasteiger charge is -2.34. The van der Waals surface area contributed by atoms with Crippen LogP contribution in [0.2, 0.25) is 0 Å². The molecule has 0 spiro atoms. The van der Waals surface area contributed by atoms with Crippen LogP contribution in [-0.2, 0) is 0 Å². The van der Waals surface area contributed by atoms with Gasteiger partial charge < -0.3 is 10.2 Å². The number of pyridine rings is 1. The Hall–Kier alpha value is -2.80. The first-order chi connectivity index (χ1) is 12.8. The van der Waals surface area contributed by atoms with Crippen molar-refractivity contribution >= 4 is 22.5 Å². The number of rotatable bonds is 5. The maximum Gasteiger partial charge on any atom is 0.225 e. The fourth-order valence-corrected chi connectivity index (χ4v) is 3.23. The van der Waals surface area contributed by atoms with Gasteiger partial charge in [0, 0.05) is 50.9 Å². The van der Waals surface area contributed by atoms with E-state index in [-0.39, 0.29) is 0 Å². The summed E-state index contributed by atoms with van der Waals surface area (Å²) >= 11 is 0. The minimum Gasteiger partial charge on any atom is -0.368 e. The van der Waals surface area contributed by atoms with E-state index in [0.717, 1.165) is 50.5 Å². The maximum absolute atomic E-state index is 12.9. The van der Waals surface area contributed by atoms with Crippen molar-refractivity contribution in [1.82, 2.24) is 19.9 Å². The normalized spacial score (nSPS) is 15.3. The molecule has 1 aromatic carbocycles. The number of anilines is 2. The number of hydrogen-bond acceptors (Lipinski definition) is 6. The largest absolute Gasteiger partial charge is 0.368 e. The maximum atomic E-state index is 12.9. The Labute approximate surface area is 151 Å². The van der Waals surface area contributed by atoms with Crippen LogP contribution in [0.4, 0.5) is 16.2 Å². The third-order valence-corrected chi connectivity index (χ3v) is 4.66. The molecule has 1 saturated heterocycles. The van der Waals surface area contributed by atoms with Gasteiger partial charge in [-0.15, -0.1) is 0 Å². The van der Waals surface area contributed by atoms with Crippen LogP contribution in [0, 0.1) is 5.82 Å². The van der Waals surface area contributed by atoms with E-state index in [1.54, 1.807) is 0 Å². The lowest BCUT2D eigenvalue weighted by Crippen LogP contribution is -2.48. The Morgan fingerprint density at radius 2 is 1.73 bits per heavy atom. The molecular weight excluding hydrogens is 331 g/mol. The van der Waals surface area contributed by atoms with Crippen LogP contribution in [0.25, 0.3) is 10.8 Å². The molecule has 1 fully saturated rings. The van der Waals surface area contributed by atoms with Crippen LogP contribution in [0.1, 0.15) is 0 Å². The number of nitrogens with one attached hydrogen (secondary N) is 1. The quantitative estimate of drug-likeness (QED) is 0.761. The van der Waals surface area contributed by atoms with Crippen molar-refractivity contribution in [3.05, 3.63) is 54.7 Å². The SMILES string of the molecule is Fc1cnc(N2CCN(CCNc3nccc4ccccc34)CC2)nc1. The molecule has 1 aliphatic heterocycles. The second kappa shape index (κ2) is 7.61. The molecule has 3 aromatic rings. The van der Waals surface area contributed by atoms with Crippen LogP contribution < -0.4 is 10.2 Å². The van der Waals surface area contributed by atoms with Crippen LogP contribution in [0.15, 0.2) is 48.9 Å². The molecule has 0 bridgehead atoms. The Morgan fingerprint density at radius 1 is 0.962 bits per heavy atom. The molecule has 1 aliphatic rings.